The minimum absolute atomic E-state index is 0.00310. The molecule has 47 heavy (non-hydrogen) atoms. The molecular weight excluding hydrogens is 618 g/mol. The second kappa shape index (κ2) is 17.1. The number of rotatable bonds is 4. The van der Waals surface area contributed by atoms with Gasteiger partial charge in [0.2, 0.25) is 0 Å². The SMILES string of the molecule is CC(C)n1cc(N)c(=O)[nH]c1=O.CC(C)n1cc(O)c(=O)[nH]c1=O.CC(C)n1ccc(=O)[nH]c1=O.Cc1cn(C(C)C)c(=O)[nH]c1=O. The van der Waals surface area contributed by atoms with Crippen molar-refractivity contribution >= 4 is 5.69 Å². The Morgan fingerprint density at radius 2 is 0.936 bits per heavy atom. The van der Waals surface area contributed by atoms with E-state index in [1.165, 1.54) is 36.7 Å². The topological polar surface area (TPSA) is 266 Å². The number of aryl methyl sites for hydroxylation is 1. The van der Waals surface area contributed by atoms with Crippen LogP contribution in [0.5, 0.6) is 5.75 Å². The number of nitrogens with two attached hydrogens (primary N) is 1. The third kappa shape index (κ3) is 11.6. The number of nitrogens with one attached hydrogen (secondary N) is 4. The highest BCUT2D eigenvalue weighted by atomic mass is 16.3. The van der Waals surface area contributed by atoms with Gasteiger partial charge < -0.3 is 10.8 Å². The van der Waals surface area contributed by atoms with E-state index in [9.17, 15) is 38.4 Å². The summed E-state index contributed by atoms with van der Waals surface area (Å²) in [7, 11) is 0. The zero-order valence-electron chi connectivity index (χ0n) is 27.8. The highest BCUT2D eigenvalue weighted by Gasteiger charge is 2.05. The number of hydrogen-bond acceptors (Lipinski definition) is 10. The van der Waals surface area contributed by atoms with Gasteiger partial charge in [-0.25, -0.2) is 19.2 Å². The van der Waals surface area contributed by atoms with Crippen LogP contribution in [0.3, 0.4) is 0 Å². The van der Waals surface area contributed by atoms with Gasteiger partial charge in [0.25, 0.3) is 22.2 Å². The van der Waals surface area contributed by atoms with Gasteiger partial charge in [-0.05, 0) is 62.3 Å². The molecule has 4 rings (SSSR count). The first-order valence-corrected chi connectivity index (χ1v) is 14.5. The van der Waals surface area contributed by atoms with Crippen molar-refractivity contribution in [3.8, 4) is 5.75 Å². The quantitative estimate of drug-likeness (QED) is 0.171. The van der Waals surface area contributed by atoms with Crippen molar-refractivity contribution in [3.05, 3.63) is 120 Å². The van der Waals surface area contributed by atoms with E-state index in [4.69, 9.17) is 10.8 Å². The molecule has 4 aromatic heterocycles. The molecule has 0 bridgehead atoms. The zero-order chi connectivity index (χ0) is 36.3. The highest BCUT2D eigenvalue weighted by molar-refractivity contribution is 5.30. The number of H-pyrrole nitrogens is 4. The first kappa shape index (κ1) is 39.3. The lowest BCUT2D eigenvalue weighted by molar-refractivity contribution is 0.443. The molecule has 18 heteroatoms. The van der Waals surface area contributed by atoms with E-state index in [-0.39, 0.29) is 52.4 Å². The molecule has 0 unspecified atom stereocenters. The summed E-state index contributed by atoms with van der Waals surface area (Å²) in [6.07, 6.45) is 5.55. The van der Waals surface area contributed by atoms with Gasteiger partial charge in [-0.1, -0.05) is 0 Å². The van der Waals surface area contributed by atoms with Gasteiger partial charge in [0.05, 0.1) is 6.20 Å². The first-order valence-electron chi connectivity index (χ1n) is 14.5. The summed E-state index contributed by atoms with van der Waals surface area (Å²) in [6.45, 7) is 16.4. The lowest BCUT2D eigenvalue weighted by Crippen LogP contribution is -2.31. The maximum absolute atomic E-state index is 11.1. The van der Waals surface area contributed by atoms with E-state index in [0.717, 1.165) is 6.20 Å². The fraction of sp³-hybridized carbons (Fsp3) is 0.448. The largest absolute Gasteiger partial charge is 0.502 e. The molecule has 7 N–H and O–H groups in total. The van der Waals surface area contributed by atoms with Gasteiger partial charge in [-0.3, -0.25) is 57.4 Å². The van der Waals surface area contributed by atoms with Crippen LogP contribution in [0.4, 0.5) is 5.69 Å². The minimum atomic E-state index is -0.753. The van der Waals surface area contributed by atoms with Crippen molar-refractivity contribution in [2.45, 2.75) is 86.5 Å². The van der Waals surface area contributed by atoms with Gasteiger partial charge in [-0.15, -0.1) is 0 Å². The first-order chi connectivity index (χ1) is 21.7. The highest BCUT2D eigenvalue weighted by Crippen LogP contribution is 2.02. The van der Waals surface area contributed by atoms with Crippen LogP contribution in [0, 0.1) is 6.92 Å². The molecule has 0 spiro atoms. The van der Waals surface area contributed by atoms with Crippen molar-refractivity contribution in [1.29, 1.82) is 0 Å². The predicted molar refractivity (Wildman–Crippen MR) is 178 cm³/mol. The Labute approximate surface area is 266 Å². The minimum Gasteiger partial charge on any atom is -0.502 e. The predicted octanol–water partition coefficient (Wildman–Crippen LogP) is 0.0662. The number of aromatic amines is 4. The monoisotopic (exact) mass is 661 g/mol. The number of aromatic nitrogens is 8. The fourth-order valence-corrected chi connectivity index (χ4v) is 3.55. The van der Waals surface area contributed by atoms with Crippen molar-refractivity contribution in [3.63, 3.8) is 0 Å². The van der Waals surface area contributed by atoms with Crippen LogP contribution < -0.4 is 50.7 Å². The van der Waals surface area contributed by atoms with Crippen LogP contribution in [0.1, 0.15) is 85.1 Å². The second-order valence-electron chi connectivity index (χ2n) is 11.3. The molecule has 0 aromatic carbocycles. The van der Waals surface area contributed by atoms with Crippen LogP contribution in [-0.2, 0) is 0 Å². The molecule has 0 aliphatic rings. The molecule has 0 aliphatic heterocycles. The van der Waals surface area contributed by atoms with Gasteiger partial charge in [-0.2, -0.15) is 0 Å². The van der Waals surface area contributed by atoms with Crippen LogP contribution in [0.25, 0.3) is 0 Å². The number of aromatic hydroxyl groups is 1. The normalized spacial score (nSPS) is 10.6. The molecule has 0 fully saturated rings. The van der Waals surface area contributed by atoms with E-state index in [1.54, 1.807) is 27.0 Å². The van der Waals surface area contributed by atoms with Gasteiger partial charge in [0.15, 0.2) is 5.75 Å². The molecule has 18 nitrogen and oxygen atoms in total. The Kier molecular flexibility index (Phi) is 14.3. The number of nitrogen functional groups attached to an aromatic ring is 1. The van der Waals surface area contributed by atoms with E-state index < -0.39 is 28.2 Å². The molecule has 0 amide bonds. The summed E-state index contributed by atoms with van der Waals surface area (Å²) in [5, 5.41) is 8.97. The smallest absolute Gasteiger partial charge is 0.328 e. The molecule has 0 saturated heterocycles. The molecule has 0 aliphatic carbocycles. The summed E-state index contributed by atoms with van der Waals surface area (Å²) < 4.78 is 5.58. The van der Waals surface area contributed by atoms with Crippen molar-refractivity contribution < 1.29 is 5.11 Å². The Bertz CT molecular complexity index is 1940. The number of anilines is 1. The average Bonchev–Trinajstić information content (AvgIpc) is 2.95. The van der Waals surface area contributed by atoms with Gasteiger partial charge in [0.1, 0.15) is 5.69 Å². The lowest BCUT2D eigenvalue weighted by atomic mass is 10.3. The fourth-order valence-electron chi connectivity index (χ4n) is 3.55. The summed E-state index contributed by atoms with van der Waals surface area (Å²) in [4.78, 5) is 95.8. The van der Waals surface area contributed by atoms with Gasteiger partial charge >= 0.3 is 22.8 Å². The average molecular weight is 662 g/mol. The third-order valence-electron chi connectivity index (χ3n) is 6.17. The molecule has 4 aromatic rings. The summed E-state index contributed by atoms with van der Waals surface area (Å²) in [5.74, 6) is -0.441. The number of hydrogen-bond donors (Lipinski definition) is 6. The maximum Gasteiger partial charge on any atom is 0.328 e. The molecule has 0 saturated carbocycles. The van der Waals surface area contributed by atoms with Crippen LogP contribution in [0.15, 0.2) is 69.2 Å². The Morgan fingerprint density at radius 3 is 1.38 bits per heavy atom. The van der Waals surface area contributed by atoms with Crippen LogP contribution >= 0.6 is 0 Å². The standard InChI is InChI=1S/C8H12N2O2.C7H11N3O2.C7H10N2O3.C7H10N2O2/c1-5(2)10-4-6(3)7(11)9-8(10)12;1-4(2)10-3-5(8)6(11)9-7(10)12;1-4(2)9-3-5(10)6(11)8-7(9)12;1-5(2)9-4-3-6(10)8-7(9)11/h4-5H,1-3H3,(H,9,11,12);3-4H,8H2,1-2H3,(H,9,11,12);3-4,10H,1-2H3,(H,8,11,12);3-5H,1-2H3,(H,8,10,11). The molecule has 4 heterocycles. The van der Waals surface area contributed by atoms with Crippen molar-refractivity contribution in [1.82, 2.24) is 38.2 Å². The second-order valence-corrected chi connectivity index (χ2v) is 11.3. The Balaban J connectivity index is 0.000000314. The summed E-state index contributed by atoms with van der Waals surface area (Å²) in [6, 6.07) is 1.41. The zero-order valence-corrected chi connectivity index (χ0v) is 27.8. The van der Waals surface area contributed by atoms with E-state index in [0.29, 0.717) is 5.56 Å². The van der Waals surface area contributed by atoms with Crippen molar-refractivity contribution in [2.24, 2.45) is 0 Å². The van der Waals surface area contributed by atoms with E-state index in [1.807, 2.05) is 46.5 Å². The molecule has 258 valence electrons. The molecular formula is C29H43N9O9. The molecule has 0 radical (unpaired) electrons. The maximum atomic E-state index is 11.1. The number of nitrogens with zero attached hydrogens (tertiary/aromatic N) is 4. The van der Waals surface area contributed by atoms with Gasteiger partial charge in [0, 0.05) is 54.4 Å². The Morgan fingerprint density at radius 1 is 0.553 bits per heavy atom. The van der Waals surface area contributed by atoms with E-state index >= 15 is 0 Å². The summed E-state index contributed by atoms with van der Waals surface area (Å²) in [5.41, 5.74) is 2.36. The third-order valence-corrected chi connectivity index (χ3v) is 6.17. The molecule has 0 atom stereocenters. The van der Waals surface area contributed by atoms with Crippen molar-refractivity contribution in [2.75, 3.05) is 5.73 Å². The van der Waals surface area contributed by atoms with Crippen LogP contribution in [-0.4, -0.2) is 43.3 Å². The lowest BCUT2D eigenvalue weighted by Gasteiger charge is -2.08. The summed E-state index contributed by atoms with van der Waals surface area (Å²) >= 11 is 0. The van der Waals surface area contributed by atoms with Crippen LogP contribution in [0.2, 0.25) is 0 Å². The van der Waals surface area contributed by atoms with E-state index in [2.05, 4.69) is 15.0 Å². The Hall–Kier alpha value is -5.68.